The van der Waals surface area contributed by atoms with Crippen LogP contribution >= 0.6 is 15.9 Å². The summed E-state index contributed by atoms with van der Waals surface area (Å²) in [5.41, 5.74) is 6.94. The van der Waals surface area contributed by atoms with E-state index >= 15 is 0 Å². The Bertz CT molecular complexity index is 464. The third-order valence-electron chi connectivity index (χ3n) is 3.09. The lowest BCUT2D eigenvalue weighted by Gasteiger charge is -2.37. The molecule has 1 fully saturated rings. The van der Waals surface area contributed by atoms with E-state index in [2.05, 4.69) is 15.9 Å². The number of nitrogens with zero attached hydrogens (tertiary/aromatic N) is 1. The van der Waals surface area contributed by atoms with Crippen molar-refractivity contribution in [2.45, 2.75) is 26.0 Å². The Labute approximate surface area is 115 Å². The molecule has 0 radical (unpaired) electrons. The number of hydrogen-bond acceptors (Lipinski definition) is 3. The van der Waals surface area contributed by atoms with E-state index in [0.29, 0.717) is 24.4 Å². The van der Waals surface area contributed by atoms with Crippen molar-refractivity contribution in [3.63, 3.8) is 0 Å². The van der Waals surface area contributed by atoms with E-state index in [1.165, 1.54) is 0 Å². The van der Waals surface area contributed by atoms with E-state index in [4.69, 9.17) is 10.5 Å². The summed E-state index contributed by atoms with van der Waals surface area (Å²) in [4.78, 5) is 14.4. The number of anilines is 1. The standard InChI is InChI=1S/C13H17BrN2O2/c1-8-7-18-9(2)6-16(8)13(17)11-5-10(15)3-4-12(11)14/h3-5,8-9H,6-7,15H2,1-2H3. The predicted octanol–water partition coefficient (Wildman–Crippen LogP) is 2.28. The Kier molecular flexibility index (Phi) is 3.92. The molecule has 18 heavy (non-hydrogen) atoms. The molecule has 1 aromatic carbocycles. The number of ether oxygens (including phenoxy) is 1. The first-order valence-electron chi connectivity index (χ1n) is 5.96. The second-order valence-electron chi connectivity index (χ2n) is 4.69. The molecule has 98 valence electrons. The zero-order valence-corrected chi connectivity index (χ0v) is 12.1. The van der Waals surface area contributed by atoms with Crippen LogP contribution in [0.3, 0.4) is 0 Å². The maximum atomic E-state index is 12.5. The van der Waals surface area contributed by atoms with Gasteiger partial charge in [0.2, 0.25) is 0 Å². The number of morpholine rings is 1. The van der Waals surface area contributed by atoms with Gasteiger partial charge in [0.25, 0.3) is 5.91 Å². The number of hydrogen-bond donors (Lipinski definition) is 1. The lowest BCUT2D eigenvalue weighted by Crippen LogP contribution is -2.50. The molecule has 0 spiro atoms. The smallest absolute Gasteiger partial charge is 0.255 e. The molecule has 1 heterocycles. The third kappa shape index (κ3) is 2.67. The lowest BCUT2D eigenvalue weighted by molar-refractivity contribution is -0.0387. The predicted molar refractivity (Wildman–Crippen MR) is 74.5 cm³/mol. The molecule has 1 aliphatic rings. The second-order valence-corrected chi connectivity index (χ2v) is 5.54. The van der Waals surface area contributed by atoms with Gasteiger partial charge in [-0.05, 0) is 48.0 Å². The molecule has 2 atom stereocenters. The normalized spacial score (nSPS) is 24.1. The first-order chi connectivity index (χ1) is 8.49. The average molecular weight is 313 g/mol. The van der Waals surface area contributed by atoms with Gasteiger partial charge in [-0.15, -0.1) is 0 Å². The molecule has 0 aromatic heterocycles. The van der Waals surface area contributed by atoms with Crippen molar-refractivity contribution in [3.05, 3.63) is 28.2 Å². The summed E-state index contributed by atoms with van der Waals surface area (Å²) in [6.45, 7) is 5.15. The van der Waals surface area contributed by atoms with Crippen molar-refractivity contribution >= 4 is 27.5 Å². The summed E-state index contributed by atoms with van der Waals surface area (Å²) in [6.07, 6.45) is 0.0741. The number of nitrogens with two attached hydrogens (primary N) is 1. The SMILES string of the molecule is CC1CN(C(=O)c2cc(N)ccc2Br)C(C)CO1. The van der Waals surface area contributed by atoms with Crippen LogP contribution < -0.4 is 5.73 Å². The van der Waals surface area contributed by atoms with Gasteiger partial charge in [-0.3, -0.25) is 4.79 Å². The number of nitrogen functional groups attached to an aromatic ring is 1. The fraction of sp³-hybridized carbons (Fsp3) is 0.462. The Morgan fingerprint density at radius 2 is 2.22 bits per heavy atom. The zero-order valence-electron chi connectivity index (χ0n) is 10.5. The minimum Gasteiger partial charge on any atom is -0.399 e. The molecule has 4 nitrogen and oxygen atoms in total. The maximum absolute atomic E-state index is 12.5. The molecule has 1 saturated heterocycles. The Balaban J connectivity index is 2.27. The number of amides is 1. The van der Waals surface area contributed by atoms with Crippen molar-refractivity contribution in [3.8, 4) is 0 Å². The van der Waals surface area contributed by atoms with Crippen molar-refractivity contribution in [1.82, 2.24) is 4.90 Å². The largest absolute Gasteiger partial charge is 0.399 e. The highest BCUT2D eigenvalue weighted by Crippen LogP contribution is 2.23. The summed E-state index contributed by atoms with van der Waals surface area (Å²) in [6, 6.07) is 5.37. The molecule has 0 saturated carbocycles. The highest BCUT2D eigenvalue weighted by atomic mass is 79.9. The molecule has 1 amide bonds. The minimum atomic E-state index is -0.00294. The highest BCUT2D eigenvalue weighted by Gasteiger charge is 2.29. The van der Waals surface area contributed by atoms with Gasteiger partial charge in [-0.1, -0.05) is 0 Å². The van der Waals surface area contributed by atoms with Crippen LogP contribution in [0, 0.1) is 0 Å². The van der Waals surface area contributed by atoms with Crippen LogP contribution in [0.1, 0.15) is 24.2 Å². The lowest BCUT2D eigenvalue weighted by atomic mass is 10.1. The van der Waals surface area contributed by atoms with Gasteiger partial charge in [0.05, 0.1) is 24.3 Å². The van der Waals surface area contributed by atoms with Crippen LogP contribution in [0.2, 0.25) is 0 Å². The number of halogens is 1. The maximum Gasteiger partial charge on any atom is 0.255 e. The Morgan fingerprint density at radius 1 is 1.50 bits per heavy atom. The van der Waals surface area contributed by atoms with Gasteiger partial charge in [0, 0.05) is 16.7 Å². The van der Waals surface area contributed by atoms with E-state index in [1.54, 1.807) is 18.2 Å². The van der Waals surface area contributed by atoms with Gasteiger partial charge in [-0.2, -0.15) is 0 Å². The molecule has 2 rings (SSSR count). The Hall–Kier alpha value is -1.07. The van der Waals surface area contributed by atoms with Crippen molar-refractivity contribution in [2.75, 3.05) is 18.9 Å². The number of rotatable bonds is 1. The highest BCUT2D eigenvalue weighted by molar-refractivity contribution is 9.10. The van der Waals surface area contributed by atoms with E-state index in [0.717, 1.165) is 4.47 Å². The zero-order chi connectivity index (χ0) is 13.3. The van der Waals surface area contributed by atoms with Gasteiger partial charge < -0.3 is 15.4 Å². The molecule has 0 aliphatic carbocycles. The molecule has 0 bridgehead atoms. The van der Waals surface area contributed by atoms with Crippen LogP contribution in [-0.2, 0) is 4.74 Å². The molecule has 2 unspecified atom stereocenters. The van der Waals surface area contributed by atoms with Crippen LogP contribution in [0.25, 0.3) is 0 Å². The fourth-order valence-corrected chi connectivity index (χ4v) is 2.46. The number of carbonyl (C=O) groups is 1. The second kappa shape index (κ2) is 5.28. The summed E-state index contributed by atoms with van der Waals surface area (Å²) < 4.78 is 6.30. The monoisotopic (exact) mass is 312 g/mol. The summed E-state index contributed by atoms with van der Waals surface area (Å²) in [7, 11) is 0. The first-order valence-corrected chi connectivity index (χ1v) is 6.76. The molecule has 2 N–H and O–H groups in total. The van der Waals surface area contributed by atoms with Crippen LogP contribution in [0.5, 0.6) is 0 Å². The fourth-order valence-electron chi connectivity index (χ4n) is 2.05. The molecule has 1 aliphatic heterocycles. The number of benzene rings is 1. The quantitative estimate of drug-likeness (QED) is 0.809. The van der Waals surface area contributed by atoms with Crippen molar-refractivity contribution < 1.29 is 9.53 Å². The summed E-state index contributed by atoms with van der Waals surface area (Å²) in [5.74, 6) is -0.00294. The Morgan fingerprint density at radius 3 is 2.94 bits per heavy atom. The van der Waals surface area contributed by atoms with Gasteiger partial charge in [0.1, 0.15) is 0 Å². The van der Waals surface area contributed by atoms with Gasteiger partial charge >= 0.3 is 0 Å². The van der Waals surface area contributed by atoms with Crippen LogP contribution in [0.4, 0.5) is 5.69 Å². The van der Waals surface area contributed by atoms with E-state index in [9.17, 15) is 4.79 Å². The van der Waals surface area contributed by atoms with Crippen molar-refractivity contribution in [2.24, 2.45) is 0 Å². The first kappa shape index (κ1) is 13.4. The van der Waals surface area contributed by atoms with Crippen LogP contribution in [0.15, 0.2) is 22.7 Å². The van der Waals surface area contributed by atoms with Gasteiger partial charge in [0.15, 0.2) is 0 Å². The van der Waals surface area contributed by atoms with Gasteiger partial charge in [-0.25, -0.2) is 0 Å². The molecule has 5 heteroatoms. The molecular formula is C13H17BrN2O2. The molecule has 1 aromatic rings. The van der Waals surface area contributed by atoms with Crippen LogP contribution in [-0.4, -0.2) is 36.1 Å². The topological polar surface area (TPSA) is 55.6 Å². The van der Waals surface area contributed by atoms with Crippen molar-refractivity contribution in [1.29, 1.82) is 0 Å². The average Bonchev–Trinajstić information content (AvgIpc) is 2.34. The molecular weight excluding hydrogens is 296 g/mol. The number of carbonyl (C=O) groups excluding carboxylic acids is 1. The third-order valence-corrected chi connectivity index (χ3v) is 3.78. The minimum absolute atomic E-state index is 0.00294. The van der Waals surface area contributed by atoms with E-state index in [-0.39, 0.29) is 18.1 Å². The summed E-state index contributed by atoms with van der Waals surface area (Å²) >= 11 is 3.40. The van der Waals surface area contributed by atoms with E-state index in [1.807, 2.05) is 18.7 Å². The summed E-state index contributed by atoms with van der Waals surface area (Å²) in [5, 5.41) is 0. The van der Waals surface area contributed by atoms with E-state index < -0.39 is 0 Å².